The van der Waals surface area contributed by atoms with Gasteiger partial charge >= 0.3 is 0 Å². The highest BCUT2D eigenvalue weighted by atomic mass is 15.1. The number of hydrogen-bond donors (Lipinski definition) is 0. The Morgan fingerprint density at radius 2 is 0.920 bits per heavy atom. The highest BCUT2D eigenvalue weighted by Gasteiger charge is 2.21. The third kappa shape index (κ3) is 5.24. The van der Waals surface area contributed by atoms with Gasteiger partial charge in [0.2, 0.25) is 0 Å². The summed E-state index contributed by atoms with van der Waals surface area (Å²) >= 11 is 0. The van der Waals surface area contributed by atoms with E-state index in [1.807, 2.05) is 0 Å². The number of nitrogens with zero attached hydrogens (tertiary/aromatic N) is 2. The second kappa shape index (κ2) is 12.8. The standard InChI is InChI=1S/C48H34N2/c1-6-17-35(18-7-1)38-29-32-45(44(33-38)37-21-10-3-11-22-37)49(39-23-12-4-13-24-39)41-30-31-43-47(34-41)50(40-25-14-5-15-26-40)46-28-16-27-42(48(43)46)36-19-8-2-9-20-36/h1-34H. The minimum atomic E-state index is 1.09. The molecule has 0 N–H and O–H groups in total. The van der Waals surface area contributed by atoms with Crippen molar-refractivity contribution in [3.05, 3.63) is 206 Å². The van der Waals surface area contributed by atoms with Crippen molar-refractivity contribution in [2.75, 3.05) is 4.90 Å². The summed E-state index contributed by atoms with van der Waals surface area (Å²) in [4.78, 5) is 2.40. The molecular weight excluding hydrogens is 605 g/mol. The van der Waals surface area contributed by atoms with Gasteiger partial charge in [-0.05, 0) is 82.4 Å². The first-order valence-corrected chi connectivity index (χ1v) is 17.1. The highest BCUT2D eigenvalue weighted by Crippen LogP contribution is 2.45. The van der Waals surface area contributed by atoms with Crippen LogP contribution in [0.4, 0.5) is 17.1 Å². The zero-order valence-electron chi connectivity index (χ0n) is 27.5. The van der Waals surface area contributed by atoms with Crippen LogP contribution in [0.15, 0.2) is 206 Å². The highest BCUT2D eigenvalue weighted by molar-refractivity contribution is 6.16. The SMILES string of the molecule is c1ccc(-c2ccc(N(c3ccccc3)c3ccc4c5c(-c6ccccc6)cccc5n(-c5ccccc5)c4c3)c(-c3ccccc3)c2)cc1. The van der Waals surface area contributed by atoms with Gasteiger partial charge in [-0.2, -0.15) is 0 Å². The first-order valence-electron chi connectivity index (χ1n) is 17.1. The second-order valence-corrected chi connectivity index (χ2v) is 12.6. The Balaban J connectivity index is 1.32. The lowest BCUT2D eigenvalue weighted by molar-refractivity contribution is 1.18. The Kier molecular flexibility index (Phi) is 7.53. The lowest BCUT2D eigenvalue weighted by atomic mass is 9.96. The molecule has 1 heterocycles. The smallest absolute Gasteiger partial charge is 0.0562 e. The predicted molar refractivity (Wildman–Crippen MR) is 212 cm³/mol. The topological polar surface area (TPSA) is 8.17 Å². The quantitative estimate of drug-likeness (QED) is 0.169. The number of para-hydroxylation sites is 2. The van der Waals surface area contributed by atoms with Crippen LogP contribution in [0.1, 0.15) is 0 Å². The van der Waals surface area contributed by atoms with E-state index >= 15 is 0 Å². The van der Waals surface area contributed by atoms with Gasteiger partial charge in [-0.3, -0.25) is 0 Å². The van der Waals surface area contributed by atoms with Gasteiger partial charge in [-0.15, -0.1) is 0 Å². The first-order chi connectivity index (χ1) is 24.8. The predicted octanol–water partition coefficient (Wildman–Crippen LogP) is 13.3. The van der Waals surface area contributed by atoms with Crippen molar-refractivity contribution in [2.45, 2.75) is 0 Å². The van der Waals surface area contributed by atoms with E-state index in [0.717, 1.165) is 28.3 Å². The van der Waals surface area contributed by atoms with Crippen molar-refractivity contribution in [3.63, 3.8) is 0 Å². The van der Waals surface area contributed by atoms with E-state index in [-0.39, 0.29) is 0 Å². The number of fused-ring (bicyclic) bond motifs is 3. The summed E-state index contributed by atoms with van der Waals surface area (Å²) in [5, 5.41) is 2.48. The maximum absolute atomic E-state index is 2.42. The van der Waals surface area contributed by atoms with Gasteiger partial charge in [0.15, 0.2) is 0 Å². The average molecular weight is 639 g/mol. The lowest BCUT2D eigenvalue weighted by Gasteiger charge is -2.28. The van der Waals surface area contributed by atoms with Crippen LogP contribution in [0.2, 0.25) is 0 Å². The molecule has 236 valence electrons. The van der Waals surface area contributed by atoms with E-state index in [2.05, 4.69) is 216 Å². The molecule has 0 saturated heterocycles. The molecule has 0 unspecified atom stereocenters. The zero-order chi connectivity index (χ0) is 33.3. The Morgan fingerprint density at radius 3 is 1.58 bits per heavy atom. The van der Waals surface area contributed by atoms with Crippen LogP contribution in [0.3, 0.4) is 0 Å². The second-order valence-electron chi connectivity index (χ2n) is 12.6. The van der Waals surface area contributed by atoms with Crippen molar-refractivity contribution in [3.8, 4) is 39.1 Å². The van der Waals surface area contributed by atoms with Crippen LogP contribution >= 0.6 is 0 Å². The fraction of sp³-hybridized carbons (Fsp3) is 0. The lowest BCUT2D eigenvalue weighted by Crippen LogP contribution is -2.11. The third-order valence-corrected chi connectivity index (χ3v) is 9.58. The number of rotatable bonds is 7. The molecule has 2 heteroatoms. The molecule has 0 aliphatic carbocycles. The molecule has 2 nitrogen and oxygen atoms in total. The Labute approximate surface area is 292 Å². The Morgan fingerprint density at radius 1 is 0.340 bits per heavy atom. The molecular formula is C48H34N2. The molecule has 0 saturated carbocycles. The Hall–Kier alpha value is -6.64. The number of benzene rings is 8. The maximum atomic E-state index is 2.42. The van der Waals surface area contributed by atoms with Crippen LogP contribution in [-0.2, 0) is 0 Å². The van der Waals surface area contributed by atoms with E-state index < -0.39 is 0 Å². The number of anilines is 3. The summed E-state index contributed by atoms with van der Waals surface area (Å²) in [5.74, 6) is 0. The van der Waals surface area contributed by atoms with Gasteiger partial charge < -0.3 is 9.47 Å². The molecule has 0 amide bonds. The molecule has 9 rings (SSSR count). The van der Waals surface area contributed by atoms with E-state index in [9.17, 15) is 0 Å². The summed E-state index contributed by atoms with van der Waals surface area (Å²) in [6, 6.07) is 74.0. The summed E-state index contributed by atoms with van der Waals surface area (Å²) in [5.41, 5.74) is 14.0. The Bertz CT molecular complexity index is 2560. The minimum absolute atomic E-state index is 1.09. The van der Waals surface area contributed by atoms with E-state index in [0.29, 0.717) is 0 Å². The van der Waals surface area contributed by atoms with Gasteiger partial charge in [0, 0.05) is 33.4 Å². The molecule has 50 heavy (non-hydrogen) atoms. The fourth-order valence-corrected chi connectivity index (χ4v) is 7.30. The maximum Gasteiger partial charge on any atom is 0.0562 e. The normalized spacial score (nSPS) is 11.2. The van der Waals surface area contributed by atoms with Crippen LogP contribution in [0, 0.1) is 0 Å². The van der Waals surface area contributed by atoms with Crippen LogP contribution in [-0.4, -0.2) is 4.57 Å². The molecule has 0 fully saturated rings. The van der Waals surface area contributed by atoms with Crippen LogP contribution in [0.25, 0.3) is 60.9 Å². The van der Waals surface area contributed by atoms with Gasteiger partial charge in [-0.1, -0.05) is 152 Å². The molecule has 0 aliphatic rings. The van der Waals surface area contributed by atoms with Crippen LogP contribution in [0.5, 0.6) is 0 Å². The van der Waals surface area contributed by atoms with E-state index in [1.54, 1.807) is 0 Å². The van der Waals surface area contributed by atoms with Crippen molar-refractivity contribution < 1.29 is 0 Å². The van der Waals surface area contributed by atoms with Gasteiger partial charge in [0.1, 0.15) is 0 Å². The van der Waals surface area contributed by atoms with Gasteiger partial charge in [-0.25, -0.2) is 0 Å². The van der Waals surface area contributed by atoms with E-state index in [1.165, 1.54) is 49.7 Å². The minimum Gasteiger partial charge on any atom is -0.310 e. The fourth-order valence-electron chi connectivity index (χ4n) is 7.30. The molecule has 0 aliphatic heterocycles. The van der Waals surface area contributed by atoms with Gasteiger partial charge in [0.25, 0.3) is 0 Å². The molecule has 1 aromatic heterocycles. The van der Waals surface area contributed by atoms with E-state index in [4.69, 9.17) is 0 Å². The summed E-state index contributed by atoms with van der Waals surface area (Å²) in [6.45, 7) is 0. The summed E-state index contributed by atoms with van der Waals surface area (Å²) < 4.78 is 2.42. The molecule has 0 atom stereocenters. The number of hydrogen-bond acceptors (Lipinski definition) is 1. The third-order valence-electron chi connectivity index (χ3n) is 9.58. The van der Waals surface area contributed by atoms with Gasteiger partial charge in [0.05, 0.1) is 16.7 Å². The molecule has 9 aromatic rings. The summed E-state index contributed by atoms with van der Waals surface area (Å²) in [6.07, 6.45) is 0. The van der Waals surface area contributed by atoms with Crippen molar-refractivity contribution >= 4 is 38.9 Å². The zero-order valence-corrected chi connectivity index (χ0v) is 27.5. The van der Waals surface area contributed by atoms with Crippen molar-refractivity contribution in [1.29, 1.82) is 0 Å². The van der Waals surface area contributed by atoms with Crippen molar-refractivity contribution in [1.82, 2.24) is 4.57 Å². The monoisotopic (exact) mass is 638 g/mol. The first kappa shape index (κ1) is 29.5. The average Bonchev–Trinajstić information content (AvgIpc) is 3.54. The van der Waals surface area contributed by atoms with Crippen molar-refractivity contribution in [2.24, 2.45) is 0 Å². The summed E-state index contributed by atoms with van der Waals surface area (Å²) in [7, 11) is 0. The molecule has 0 bridgehead atoms. The molecule has 8 aromatic carbocycles. The molecule has 0 radical (unpaired) electrons. The molecule has 0 spiro atoms. The largest absolute Gasteiger partial charge is 0.310 e. The van der Waals surface area contributed by atoms with Crippen LogP contribution < -0.4 is 4.90 Å². The number of aromatic nitrogens is 1.